The first-order chi connectivity index (χ1) is 14.1. The van der Waals surface area contributed by atoms with Crippen LogP contribution in [0.15, 0.2) is 59.8 Å². The van der Waals surface area contributed by atoms with Gasteiger partial charge in [0, 0.05) is 12.1 Å². The lowest BCUT2D eigenvalue weighted by Crippen LogP contribution is -2.41. The predicted molar refractivity (Wildman–Crippen MR) is 111 cm³/mol. The van der Waals surface area contributed by atoms with Gasteiger partial charge in [-0.05, 0) is 36.8 Å². The summed E-state index contributed by atoms with van der Waals surface area (Å²) in [5.41, 5.74) is 1.59. The number of hydrogen-bond donors (Lipinski definition) is 3. The number of methoxy groups -OCH3 is 1. The van der Waals surface area contributed by atoms with Gasteiger partial charge in [0.15, 0.2) is 5.82 Å². The Hall–Kier alpha value is -3.33. The van der Waals surface area contributed by atoms with Gasteiger partial charge in [0.25, 0.3) is 0 Å². The lowest BCUT2D eigenvalue weighted by Gasteiger charge is -2.14. The summed E-state index contributed by atoms with van der Waals surface area (Å²) in [6, 6.07) is 16.0. The minimum Gasteiger partial charge on any atom is -0.497 e. The van der Waals surface area contributed by atoms with Crippen molar-refractivity contribution in [3.63, 3.8) is 0 Å². The monoisotopic (exact) mass is 411 g/mol. The molecule has 29 heavy (non-hydrogen) atoms. The average Bonchev–Trinajstić information content (AvgIpc) is 3.21. The van der Waals surface area contributed by atoms with Crippen molar-refractivity contribution < 1.29 is 14.3 Å². The van der Waals surface area contributed by atoms with Crippen LogP contribution in [0.4, 0.5) is 4.79 Å². The lowest BCUT2D eigenvalue weighted by atomic mass is 10.1. The molecule has 3 aromatic rings. The van der Waals surface area contributed by atoms with Gasteiger partial charge in [0.2, 0.25) is 11.1 Å². The molecule has 0 spiro atoms. The molecule has 2 aromatic carbocycles. The number of rotatable bonds is 7. The van der Waals surface area contributed by atoms with Crippen LogP contribution in [-0.4, -0.2) is 40.8 Å². The third-order valence-electron chi connectivity index (χ3n) is 3.97. The van der Waals surface area contributed by atoms with E-state index < -0.39 is 17.2 Å². The second-order valence-electron chi connectivity index (χ2n) is 5.95. The van der Waals surface area contributed by atoms with Gasteiger partial charge in [-0.3, -0.25) is 15.2 Å². The number of amides is 3. The Labute approximate surface area is 172 Å². The van der Waals surface area contributed by atoms with Crippen molar-refractivity contribution >= 4 is 23.7 Å². The molecule has 0 bridgehead atoms. The van der Waals surface area contributed by atoms with Gasteiger partial charge in [-0.1, -0.05) is 42.1 Å². The number of H-pyrrole nitrogens is 1. The summed E-state index contributed by atoms with van der Waals surface area (Å²) in [5, 5.41) is 11.7. The van der Waals surface area contributed by atoms with Crippen LogP contribution in [0, 0.1) is 0 Å². The van der Waals surface area contributed by atoms with Gasteiger partial charge in [0.1, 0.15) is 11.0 Å². The molecule has 9 heteroatoms. The number of thioether (sulfide) groups is 1. The van der Waals surface area contributed by atoms with Crippen molar-refractivity contribution in [1.29, 1.82) is 0 Å². The van der Waals surface area contributed by atoms with E-state index in [9.17, 15) is 9.59 Å². The van der Waals surface area contributed by atoms with Gasteiger partial charge in [-0.15, -0.1) is 5.10 Å². The van der Waals surface area contributed by atoms with Gasteiger partial charge in [-0.25, -0.2) is 9.78 Å². The van der Waals surface area contributed by atoms with Crippen molar-refractivity contribution in [2.75, 3.05) is 13.7 Å². The molecule has 0 unspecified atom stereocenters. The van der Waals surface area contributed by atoms with Crippen LogP contribution >= 0.6 is 11.8 Å². The van der Waals surface area contributed by atoms with E-state index in [0.717, 1.165) is 28.6 Å². The highest BCUT2D eigenvalue weighted by molar-refractivity contribution is 8.00. The van der Waals surface area contributed by atoms with E-state index in [1.807, 2.05) is 54.6 Å². The Bertz CT molecular complexity index is 960. The summed E-state index contributed by atoms with van der Waals surface area (Å²) < 4.78 is 5.16. The molecule has 150 valence electrons. The summed E-state index contributed by atoms with van der Waals surface area (Å²) >= 11 is 1.16. The number of imide groups is 1. The summed E-state index contributed by atoms with van der Waals surface area (Å²) in [6.45, 7) is 2.20. The molecule has 3 amide bonds. The number of hydrogen-bond acceptors (Lipinski definition) is 6. The molecule has 3 rings (SSSR count). The molecule has 0 aliphatic heterocycles. The molecular formula is C20H21N5O3S. The molecule has 8 nitrogen and oxygen atoms in total. The molecule has 3 N–H and O–H groups in total. The van der Waals surface area contributed by atoms with Crippen LogP contribution in [0.1, 0.15) is 17.7 Å². The second-order valence-corrected chi connectivity index (χ2v) is 7.02. The Morgan fingerprint density at radius 1 is 1.14 bits per heavy atom. The predicted octanol–water partition coefficient (Wildman–Crippen LogP) is 3.16. The molecule has 1 aromatic heterocycles. The average molecular weight is 411 g/mol. The zero-order valence-corrected chi connectivity index (χ0v) is 16.8. The van der Waals surface area contributed by atoms with Crippen LogP contribution in [0.5, 0.6) is 5.75 Å². The van der Waals surface area contributed by atoms with E-state index in [1.54, 1.807) is 14.0 Å². The highest BCUT2D eigenvalue weighted by Crippen LogP contribution is 2.34. The highest BCUT2D eigenvalue weighted by atomic mass is 32.2. The number of aromatic amines is 1. The number of aromatic nitrogens is 3. The Balaban J connectivity index is 1.79. The lowest BCUT2D eigenvalue weighted by molar-refractivity contribution is -0.119. The van der Waals surface area contributed by atoms with Crippen molar-refractivity contribution in [3.05, 3.63) is 60.2 Å². The quantitative estimate of drug-likeness (QED) is 0.515. The van der Waals surface area contributed by atoms with E-state index in [2.05, 4.69) is 25.8 Å². The molecule has 0 saturated heterocycles. The van der Waals surface area contributed by atoms with E-state index in [-0.39, 0.29) is 0 Å². The molecule has 0 aliphatic carbocycles. The van der Waals surface area contributed by atoms with Crippen LogP contribution in [-0.2, 0) is 4.79 Å². The molecular weight excluding hydrogens is 390 g/mol. The zero-order chi connectivity index (χ0) is 20.6. The standard InChI is InChI=1S/C20H21N5O3S/c1-3-21-19(27)23-18(26)16(13-7-5-4-6-8-13)29-20-22-17(24-25-20)14-9-11-15(28-2)12-10-14/h4-12,16H,3H2,1-2H3,(H,22,24,25)(H2,21,23,26,27)/t16-/m1/s1. The van der Waals surface area contributed by atoms with Gasteiger partial charge < -0.3 is 10.1 Å². The fourth-order valence-corrected chi connectivity index (χ4v) is 3.48. The maximum absolute atomic E-state index is 12.7. The smallest absolute Gasteiger partial charge is 0.321 e. The van der Waals surface area contributed by atoms with Gasteiger partial charge in [0.05, 0.1) is 7.11 Å². The number of carbonyl (C=O) groups excluding carboxylic acids is 2. The van der Waals surface area contributed by atoms with Crippen molar-refractivity contribution in [1.82, 2.24) is 25.8 Å². The van der Waals surface area contributed by atoms with E-state index >= 15 is 0 Å². The van der Waals surface area contributed by atoms with E-state index in [4.69, 9.17) is 4.74 Å². The van der Waals surface area contributed by atoms with Gasteiger partial charge in [-0.2, -0.15) is 0 Å². The maximum Gasteiger partial charge on any atom is 0.321 e. The van der Waals surface area contributed by atoms with Crippen molar-refractivity contribution in [2.24, 2.45) is 0 Å². The number of ether oxygens (including phenoxy) is 1. The Morgan fingerprint density at radius 2 is 1.86 bits per heavy atom. The zero-order valence-electron chi connectivity index (χ0n) is 16.0. The molecule has 1 atom stereocenters. The second kappa shape index (κ2) is 9.74. The third kappa shape index (κ3) is 5.35. The van der Waals surface area contributed by atoms with Crippen molar-refractivity contribution in [2.45, 2.75) is 17.3 Å². The summed E-state index contributed by atoms with van der Waals surface area (Å²) in [4.78, 5) is 29.0. The fourth-order valence-electron chi connectivity index (χ4n) is 2.57. The Morgan fingerprint density at radius 3 is 2.52 bits per heavy atom. The summed E-state index contributed by atoms with van der Waals surface area (Å²) in [6.07, 6.45) is 0. The van der Waals surface area contributed by atoms with Gasteiger partial charge >= 0.3 is 6.03 Å². The molecule has 0 radical (unpaired) electrons. The first-order valence-corrected chi connectivity index (χ1v) is 9.85. The first-order valence-electron chi connectivity index (χ1n) is 8.97. The first kappa shape index (κ1) is 20.4. The normalized spacial score (nSPS) is 11.5. The van der Waals surface area contributed by atoms with Crippen LogP contribution < -0.4 is 15.4 Å². The number of urea groups is 1. The fraction of sp³-hybridized carbons (Fsp3) is 0.200. The minimum atomic E-state index is -0.682. The number of nitrogens with zero attached hydrogens (tertiary/aromatic N) is 2. The molecule has 1 heterocycles. The minimum absolute atomic E-state index is 0.399. The molecule has 0 aliphatic rings. The molecule has 0 fully saturated rings. The largest absolute Gasteiger partial charge is 0.497 e. The number of nitrogens with one attached hydrogen (secondary N) is 3. The van der Waals surface area contributed by atoms with E-state index in [1.165, 1.54) is 0 Å². The van der Waals surface area contributed by atoms with Crippen molar-refractivity contribution in [3.8, 4) is 17.1 Å². The number of benzene rings is 2. The van der Waals surface area contributed by atoms with Crippen LogP contribution in [0.2, 0.25) is 0 Å². The molecule has 0 saturated carbocycles. The maximum atomic E-state index is 12.7. The van der Waals surface area contributed by atoms with E-state index in [0.29, 0.717) is 17.5 Å². The topological polar surface area (TPSA) is 109 Å². The van der Waals surface area contributed by atoms with Crippen LogP contribution in [0.25, 0.3) is 11.4 Å². The number of carbonyl (C=O) groups is 2. The Kier molecular flexibility index (Phi) is 6.85. The summed E-state index contributed by atoms with van der Waals surface area (Å²) in [5.74, 6) is 0.878. The third-order valence-corrected chi connectivity index (χ3v) is 5.08. The highest BCUT2D eigenvalue weighted by Gasteiger charge is 2.25. The van der Waals surface area contributed by atoms with Crippen LogP contribution in [0.3, 0.4) is 0 Å². The SMILES string of the molecule is CCNC(=O)NC(=O)[C@H](Sc1n[nH]c(-c2ccc(OC)cc2)n1)c1ccccc1. The summed E-state index contributed by atoms with van der Waals surface area (Å²) in [7, 11) is 1.60.